The molecule has 12 heteroatoms. The van der Waals surface area contributed by atoms with Crippen LogP contribution in [0.1, 0.15) is 25.7 Å². The number of ether oxygens (including phenoxy) is 2. The molecule has 186 valence electrons. The summed E-state index contributed by atoms with van der Waals surface area (Å²) < 4.78 is 48.0. The van der Waals surface area contributed by atoms with Crippen LogP contribution in [0.4, 0.5) is 14.5 Å². The number of hydrogen-bond donors (Lipinski definition) is 1. The molecule has 9 nitrogen and oxygen atoms in total. The van der Waals surface area contributed by atoms with Gasteiger partial charge in [0, 0.05) is 44.6 Å². The van der Waals surface area contributed by atoms with E-state index in [2.05, 4.69) is 39.8 Å². The van der Waals surface area contributed by atoms with Gasteiger partial charge in [0.25, 0.3) is 0 Å². The third kappa shape index (κ3) is 5.48. The molecule has 2 N–H and O–H groups in total. The predicted octanol–water partition coefficient (Wildman–Crippen LogP) is 5.57. The van der Waals surface area contributed by atoms with Gasteiger partial charge in [-0.25, -0.2) is 18.7 Å². The molecule has 0 fully saturated rings. The largest absolute Gasteiger partial charge is 0.432 e. The molecule has 3 aromatic heterocycles. The van der Waals surface area contributed by atoms with Gasteiger partial charge in [0.15, 0.2) is 11.6 Å². The molecule has 0 aliphatic heterocycles. The third-order valence-corrected chi connectivity index (χ3v) is 6.93. The highest BCUT2D eigenvalue weighted by molar-refractivity contribution is 6.76. The Morgan fingerprint density at radius 3 is 2.46 bits per heavy atom. The summed E-state index contributed by atoms with van der Waals surface area (Å²) >= 11 is 0. The van der Waals surface area contributed by atoms with Crippen LogP contribution in [0.2, 0.25) is 25.7 Å². The van der Waals surface area contributed by atoms with Gasteiger partial charge in [-0.1, -0.05) is 33.5 Å². The monoisotopic (exact) mass is 502 g/mol. The topological polar surface area (TPSA) is 114 Å². The second-order valence-corrected chi connectivity index (χ2v) is 15.4. The second-order valence-electron chi connectivity index (χ2n) is 9.75. The van der Waals surface area contributed by atoms with Crippen LogP contribution in [0, 0.1) is 11.6 Å². The SMILES string of the molecule is CC(C)c1nnc(-c2cn(COCC[Si](C)(C)C)c3ncnc(Oc4c(F)cc(N)cc4F)c23)o1. The molecule has 1 aromatic carbocycles. The number of benzene rings is 1. The Morgan fingerprint density at radius 1 is 1.11 bits per heavy atom. The lowest BCUT2D eigenvalue weighted by Gasteiger charge is -2.15. The van der Waals surface area contributed by atoms with E-state index in [4.69, 9.17) is 19.6 Å². The van der Waals surface area contributed by atoms with Gasteiger partial charge in [-0.2, -0.15) is 0 Å². The van der Waals surface area contributed by atoms with Crippen LogP contribution in [-0.2, 0) is 11.5 Å². The van der Waals surface area contributed by atoms with Crippen LogP contribution in [0.25, 0.3) is 22.5 Å². The molecule has 4 aromatic rings. The van der Waals surface area contributed by atoms with Crippen LogP contribution in [0.15, 0.2) is 29.1 Å². The first kappa shape index (κ1) is 24.7. The van der Waals surface area contributed by atoms with Crippen LogP contribution >= 0.6 is 0 Å². The van der Waals surface area contributed by atoms with Gasteiger partial charge in [-0.15, -0.1) is 10.2 Å². The zero-order chi connectivity index (χ0) is 25.3. The van der Waals surface area contributed by atoms with E-state index < -0.39 is 25.5 Å². The van der Waals surface area contributed by atoms with E-state index in [9.17, 15) is 8.78 Å². The van der Waals surface area contributed by atoms with Crippen molar-refractivity contribution in [1.29, 1.82) is 0 Å². The Kier molecular flexibility index (Phi) is 6.85. The number of nitrogen functional groups attached to an aromatic ring is 1. The van der Waals surface area contributed by atoms with Gasteiger partial charge in [0.1, 0.15) is 18.7 Å². The molecule has 35 heavy (non-hydrogen) atoms. The molecule has 3 heterocycles. The summed E-state index contributed by atoms with van der Waals surface area (Å²) in [6, 6.07) is 2.95. The van der Waals surface area contributed by atoms with E-state index >= 15 is 0 Å². The van der Waals surface area contributed by atoms with Gasteiger partial charge < -0.3 is 24.2 Å². The summed E-state index contributed by atoms with van der Waals surface area (Å²) in [6.45, 7) is 11.5. The highest BCUT2D eigenvalue weighted by Gasteiger charge is 2.24. The summed E-state index contributed by atoms with van der Waals surface area (Å²) in [5, 5.41) is 8.61. The summed E-state index contributed by atoms with van der Waals surface area (Å²) in [5.74, 6) is -1.94. The normalized spacial score (nSPS) is 12.1. The van der Waals surface area contributed by atoms with Gasteiger partial charge in [-0.05, 0) is 6.04 Å². The molecule has 0 atom stereocenters. The third-order valence-electron chi connectivity index (χ3n) is 5.23. The first-order chi connectivity index (χ1) is 16.5. The summed E-state index contributed by atoms with van der Waals surface area (Å²) in [5.41, 5.74) is 6.35. The standard InChI is InChI=1S/C23H28F2N6O3Si/c1-13(2)21-29-30-22(34-21)15-10-31(12-32-6-7-35(3,4)5)20-18(15)23(28-11-27-20)33-19-16(24)8-14(26)9-17(19)25/h8-11,13H,6-7,12,26H2,1-5H3. The van der Waals surface area contributed by atoms with Crippen molar-refractivity contribution in [3.63, 3.8) is 0 Å². The molecule has 0 spiro atoms. The number of halogens is 2. The number of hydrogen-bond acceptors (Lipinski definition) is 8. The highest BCUT2D eigenvalue weighted by atomic mass is 28.3. The Morgan fingerprint density at radius 2 is 1.83 bits per heavy atom. The Balaban J connectivity index is 1.78. The maximum Gasteiger partial charge on any atom is 0.250 e. The van der Waals surface area contributed by atoms with Crippen molar-refractivity contribution in [2.45, 2.75) is 52.2 Å². The molecule has 0 saturated carbocycles. The van der Waals surface area contributed by atoms with Crippen LogP contribution in [0.5, 0.6) is 11.6 Å². The lowest BCUT2D eigenvalue weighted by atomic mass is 10.2. The first-order valence-electron chi connectivity index (χ1n) is 11.2. The van der Waals surface area contributed by atoms with E-state index in [1.54, 1.807) is 10.8 Å². The van der Waals surface area contributed by atoms with Crippen LogP contribution < -0.4 is 10.5 Å². The maximum absolute atomic E-state index is 14.5. The van der Waals surface area contributed by atoms with Crippen molar-refractivity contribution < 1.29 is 22.7 Å². The lowest BCUT2D eigenvalue weighted by Crippen LogP contribution is -2.22. The number of nitrogens with two attached hydrogens (primary N) is 1. The lowest BCUT2D eigenvalue weighted by molar-refractivity contribution is 0.0899. The van der Waals surface area contributed by atoms with E-state index in [-0.39, 0.29) is 30.1 Å². The quantitative estimate of drug-likeness (QED) is 0.179. The molecule has 4 rings (SSSR count). The van der Waals surface area contributed by atoms with E-state index in [0.29, 0.717) is 29.1 Å². The highest BCUT2D eigenvalue weighted by Crippen LogP contribution is 2.38. The van der Waals surface area contributed by atoms with E-state index in [1.165, 1.54) is 6.33 Å². The van der Waals surface area contributed by atoms with Gasteiger partial charge in [-0.3, -0.25) is 0 Å². The Labute approximate surface area is 202 Å². The molecule has 0 amide bonds. The van der Waals surface area contributed by atoms with Crippen molar-refractivity contribution in [2.24, 2.45) is 0 Å². The number of fused-ring (bicyclic) bond motifs is 1. The average Bonchev–Trinajstić information content (AvgIpc) is 3.39. The predicted molar refractivity (Wildman–Crippen MR) is 130 cm³/mol. The fourth-order valence-corrected chi connectivity index (χ4v) is 4.08. The van der Waals surface area contributed by atoms with E-state index in [0.717, 1.165) is 18.2 Å². The minimum Gasteiger partial charge on any atom is -0.432 e. The average molecular weight is 503 g/mol. The van der Waals surface area contributed by atoms with Crippen molar-refractivity contribution in [1.82, 2.24) is 24.7 Å². The fraction of sp³-hybridized carbons (Fsp3) is 0.391. The van der Waals surface area contributed by atoms with Crippen molar-refractivity contribution in [3.8, 4) is 23.1 Å². The van der Waals surface area contributed by atoms with Crippen LogP contribution in [-0.4, -0.2) is 39.4 Å². The van der Waals surface area contributed by atoms with E-state index in [1.807, 2.05) is 13.8 Å². The fourth-order valence-electron chi connectivity index (χ4n) is 3.33. The Bertz CT molecular complexity index is 1330. The maximum atomic E-state index is 14.5. The van der Waals surface area contributed by atoms with Crippen molar-refractivity contribution >= 4 is 24.8 Å². The molecule has 0 radical (unpaired) electrons. The first-order valence-corrected chi connectivity index (χ1v) is 14.9. The van der Waals surface area contributed by atoms with Gasteiger partial charge >= 0.3 is 0 Å². The summed E-state index contributed by atoms with van der Waals surface area (Å²) in [6.07, 6.45) is 2.98. The smallest absolute Gasteiger partial charge is 0.250 e. The molecule has 0 aliphatic carbocycles. The van der Waals surface area contributed by atoms with Gasteiger partial charge in [0.05, 0.1) is 10.9 Å². The minimum atomic E-state index is -1.26. The zero-order valence-electron chi connectivity index (χ0n) is 20.3. The number of anilines is 1. The minimum absolute atomic E-state index is 0.0134. The summed E-state index contributed by atoms with van der Waals surface area (Å²) in [4.78, 5) is 8.50. The molecule has 0 aliphatic rings. The second kappa shape index (κ2) is 9.70. The zero-order valence-corrected chi connectivity index (χ0v) is 21.3. The molecule has 0 unspecified atom stereocenters. The Hall–Kier alpha value is -3.38. The molecular weight excluding hydrogens is 474 g/mol. The molecule has 0 saturated heterocycles. The molecule has 0 bridgehead atoms. The number of aromatic nitrogens is 5. The van der Waals surface area contributed by atoms with Crippen LogP contribution in [0.3, 0.4) is 0 Å². The number of nitrogens with zero attached hydrogens (tertiary/aromatic N) is 5. The molecular formula is C23H28F2N6O3Si. The summed E-state index contributed by atoms with van der Waals surface area (Å²) in [7, 11) is -1.26. The van der Waals surface area contributed by atoms with Gasteiger partial charge in [0.2, 0.25) is 23.4 Å². The van der Waals surface area contributed by atoms with Crippen molar-refractivity contribution in [3.05, 3.63) is 42.2 Å². The number of rotatable bonds is 9. The van der Waals surface area contributed by atoms with Crippen molar-refractivity contribution in [2.75, 3.05) is 12.3 Å².